The molecule has 0 amide bonds. The van der Waals surface area contributed by atoms with Gasteiger partial charge >= 0.3 is 5.97 Å². The Morgan fingerprint density at radius 3 is 2.64 bits per heavy atom. The molecule has 0 saturated carbocycles. The molecular weight excluding hydrogens is 196 g/mol. The number of hydrogen-bond acceptors (Lipinski definition) is 3. The number of carbonyl (C=O) groups excluding carboxylic acids is 1. The maximum absolute atomic E-state index is 11.1. The average molecular weight is 214 g/mol. The molecule has 0 aromatic carbocycles. The standard InChI is InChI=1S/C10H18O3Si/c1-6(2)10-7(3)8(14-13-10)5-9(11)12-4/h6-8,10H,5H2,1-4H3/t7-,8-,10+/m0/s1. The number of esters is 1. The van der Waals surface area contributed by atoms with Crippen molar-refractivity contribution >= 4 is 15.7 Å². The average Bonchev–Trinajstić information content (AvgIpc) is 2.48. The lowest BCUT2D eigenvalue weighted by molar-refractivity contribution is -0.140. The second kappa shape index (κ2) is 4.93. The molecule has 1 aliphatic rings. The molecule has 80 valence electrons. The van der Waals surface area contributed by atoms with E-state index in [1.165, 1.54) is 7.11 Å². The fourth-order valence-electron chi connectivity index (χ4n) is 1.84. The van der Waals surface area contributed by atoms with Crippen molar-refractivity contribution in [3.05, 3.63) is 0 Å². The lowest BCUT2D eigenvalue weighted by Gasteiger charge is -2.21. The quantitative estimate of drug-likeness (QED) is 0.529. The summed E-state index contributed by atoms with van der Waals surface area (Å²) < 4.78 is 10.4. The molecule has 1 fully saturated rings. The monoisotopic (exact) mass is 214 g/mol. The van der Waals surface area contributed by atoms with E-state index >= 15 is 0 Å². The van der Waals surface area contributed by atoms with Crippen molar-refractivity contribution in [3.8, 4) is 0 Å². The highest BCUT2D eigenvalue weighted by atomic mass is 28.2. The van der Waals surface area contributed by atoms with E-state index in [1.54, 1.807) is 0 Å². The lowest BCUT2D eigenvalue weighted by Crippen LogP contribution is -2.22. The van der Waals surface area contributed by atoms with Crippen molar-refractivity contribution < 1.29 is 14.0 Å². The Kier molecular flexibility index (Phi) is 4.13. The Hall–Kier alpha value is -0.353. The zero-order valence-electron chi connectivity index (χ0n) is 9.24. The fraction of sp³-hybridized carbons (Fsp3) is 0.900. The van der Waals surface area contributed by atoms with Crippen molar-refractivity contribution in [2.45, 2.75) is 38.8 Å². The zero-order valence-corrected chi connectivity index (χ0v) is 10.2. The molecule has 3 nitrogen and oxygen atoms in total. The van der Waals surface area contributed by atoms with Crippen LogP contribution >= 0.6 is 0 Å². The molecule has 1 aliphatic heterocycles. The summed E-state index contributed by atoms with van der Waals surface area (Å²) in [7, 11) is 1.88. The minimum absolute atomic E-state index is 0.123. The molecular formula is C10H18O3Si. The van der Waals surface area contributed by atoms with Crippen LogP contribution in [0.5, 0.6) is 0 Å². The van der Waals surface area contributed by atoms with Crippen LogP contribution < -0.4 is 0 Å². The van der Waals surface area contributed by atoms with E-state index in [4.69, 9.17) is 4.43 Å². The largest absolute Gasteiger partial charge is 0.469 e. The molecule has 1 saturated heterocycles. The predicted molar refractivity (Wildman–Crippen MR) is 55.0 cm³/mol. The smallest absolute Gasteiger partial charge is 0.305 e. The van der Waals surface area contributed by atoms with Gasteiger partial charge in [0.15, 0.2) is 0 Å². The lowest BCUT2D eigenvalue weighted by atomic mass is 9.91. The summed E-state index contributed by atoms with van der Waals surface area (Å²) in [4.78, 5) is 11.1. The molecule has 0 N–H and O–H groups in total. The second-order valence-electron chi connectivity index (χ2n) is 4.19. The summed E-state index contributed by atoms with van der Waals surface area (Å²) in [6.45, 7) is 6.48. The van der Waals surface area contributed by atoms with Crippen molar-refractivity contribution in [1.29, 1.82) is 0 Å². The number of rotatable bonds is 3. The van der Waals surface area contributed by atoms with E-state index < -0.39 is 0 Å². The van der Waals surface area contributed by atoms with E-state index in [-0.39, 0.29) is 5.97 Å². The Bertz CT molecular complexity index is 206. The van der Waals surface area contributed by atoms with Gasteiger partial charge in [-0.05, 0) is 17.4 Å². The molecule has 4 heteroatoms. The van der Waals surface area contributed by atoms with E-state index in [1.807, 2.05) is 0 Å². The van der Waals surface area contributed by atoms with E-state index in [0.717, 1.165) is 0 Å². The Morgan fingerprint density at radius 2 is 2.21 bits per heavy atom. The summed E-state index contributed by atoms with van der Waals surface area (Å²) in [6.07, 6.45) is 0.808. The van der Waals surface area contributed by atoms with Crippen LogP contribution in [0.1, 0.15) is 27.2 Å². The topological polar surface area (TPSA) is 35.5 Å². The van der Waals surface area contributed by atoms with Crippen LogP contribution in [-0.2, 0) is 14.0 Å². The van der Waals surface area contributed by atoms with Gasteiger partial charge in [0.2, 0.25) is 9.76 Å². The van der Waals surface area contributed by atoms with Crippen molar-refractivity contribution in [1.82, 2.24) is 0 Å². The molecule has 1 heterocycles. The third kappa shape index (κ3) is 2.57. The van der Waals surface area contributed by atoms with Gasteiger partial charge < -0.3 is 9.16 Å². The molecule has 1 rings (SSSR count). The van der Waals surface area contributed by atoms with Gasteiger partial charge in [0.25, 0.3) is 0 Å². The summed E-state index contributed by atoms with van der Waals surface area (Å²) in [6, 6.07) is 0. The van der Waals surface area contributed by atoms with Gasteiger partial charge in [0.1, 0.15) is 0 Å². The fourth-order valence-corrected chi connectivity index (χ4v) is 3.32. The Labute approximate surface area is 88.1 Å². The summed E-state index contributed by atoms with van der Waals surface area (Å²) in [5, 5.41) is 0. The van der Waals surface area contributed by atoms with Crippen LogP contribution in [0.3, 0.4) is 0 Å². The van der Waals surface area contributed by atoms with Gasteiger partial charge in [0.05, 0.1) is 7.11 Å². The van der Waals surface area contributed by atoms with Crippen LogP contribution in [0.4, 0.5) is 0 Å². The molecule has 0 aromatic rings. The predicted octanol–water partition coefficient (Wildman–Crippen LogP) is 1.65. The van der Waals surface area contributed by atoms with Crippen LogP contribution in [0.15, 0.2) is 0 Å². The molecule has 0 bridgehead atoms. The van der Waals surface area contributed by atoms with Gasteiger partial charge in [-0.25, -0.2) is 0 Å². The van der Waals surface area contributed by atoms with E-state index in [9.17, 15) is 4.79 Å². The molecule has 2 radical (unpaired) electrons. The molecule has 0 aliphatic carbocycles. The first-order valence-electron chi connectivity index (χ1n) is 5.04. The maximum atomic E-state index is 11.1. The normalized spacial score (nSPS) is 32.2. The third-order valence-corrected chi connectivity index (χ3v) is 4.22. The summed E-state index contributed by atoms with van der Waals surface area (Å²) in [5.41, 5.74) is 0.356. The van der Waals surface area contributed by atoms with E-state index in [0.29, 0.717) is 39.7 Å². The van der Waals surface area contributed by atoms with Crippen LogP contribution in [0, 0.1) is 11.8 Å². The van der Waals surface area contributed by atoms with Gasteiger partial charge in [-0.3, -0.25) is 4.79 Å². The number of hydrogen-bond donors (Lipinski definition) is 0. The number of methoxy groups -OCH3 is 1. The SMILES string of the molecule is COC(=O)C[C@@H]1[Si]O[C@H](C(C)C)[C@H]1C. The summed E-state index contributed by atoms with van der Waals surface area (Å²) in [5.74, 6) is 0.870. The van der Waals surface area contributed by atoms with Gasteiger partial charge in [-0.2, -0.15) is 0 Å². The van der Waals surface area contributed by atoms with Crippen molar-refractivity contribution in [3.63, 3.8) is 0 Å². The summed E-state index contributed by atoms with van der Waals surface area (Å²) >= 11 is 0. The molecule has 0 aromatic heterocycles. The molecule has 0 unspecified atom stereocenters. The molecule has 3 atom stereocenters. The minimum Gasteiger partial charge on any atom is -0.469 e. The van der Waals surface area contributed by atoms with Crippen LogP contribution in [0.25, 0.3) is 0 Å². The van der Waals surface area contributed by atoms with Crippen LogP contribution in [0.2, 0.25) is 5.54 Å². The highest BCUT2D eigenvalue weighted by Gasteiger charge is 2.37. The minimum atomic E-state index is -0.123. The van der Waals surface area contributed by atoms with Gasteiger partial charge in [-0.1, -0.05) is 20.8 Å². The van der Waals surface area contributed by atoms with Crippen molar-refractivity contribution in [2.24, 2.45) is 11.8 Å². The third-order valence-electron chi connectivity index (χ3n) is 2.78. The zero-order chi connectivity index (χ0) is 10.7. The maximum Gasteiger partial charge on any atom is 0.305 e. The highest BCUT2D eigenvalue weighted by molar-refractivity contribution is 6.31. The van der Waals surface area contributed by atoms with Crippen LogP contribution in [-0.4, -0.2) is 28.9 Å². The first-order chi connectivity index (χ1) is 6.56. The first-order valence-corrected chi connectivity index (χ1v) is 6.02. The Morgan fingerprint density at radius 1 is 1.57 bits per heavy atom. The number of carbonyl (C=O) groups is 1. The Balaban J connectivity index is 2.47. The highest BCUT2D eigenvalue weighted by Crippen LogP contribution is 2.36. The van der Waals surface area contributed by atoms with Crippen molar-refractivity contribution in [2.75, 3.05) is 7.11 Å². The first kappa shape index (κ1) is 11.7. The molecule has 14 heavy (non-hydrogen) atoms. The van der Waals surface area contributed by atoms with Gasteiger partial charge in [0, 0.05) is 12.5 Å². The molecule has 0 spiro atoms. The number of ether oxygens (including phenoxy) is 1. The van der Waals surface area contributed by atoms with E-state index in [2.05, 4.69) is 25.5 Å². The van der Waals surface area contributed by atoms with Gasteiger partial charge in [-0.15, -0.1) is 0 Å². The second-order valence-corrected chi connectivity index (χ2v) is 5.40.